The van der Waals surface area contributed by atoms with E-state index in [1.165, 1.54) is 6.20 Å². The fourth-order valence-electron chi connectivity index (χ4n) is 3.31. The Balaban J connectivity index is 1.31. The van der Waals surface area contributed by atoms with Gasteiger partial charge in [-0.1, -0.05) is 36.4 Å². The molecule has 0 aliphatic heterocycles. The normalized spacial score (nSPS) is 12.5. The lowest BCUT2D eigenvalue weighted by Gasteiger charge is -2.12. The molecule has 0 amide bonds. The van der Waals surface area contributed by atoms with Crippen molar-refractivity contribution in [2.24, 2.45) is 0 Å². The van der Waals surface area contributed by atoms with Gasteiger partial charge < -0.3 is 10.4 Å². The van der Waals surface area contributed by atoms with Gasteiger partial charge >= 0.3 is 0 Å². The third-order valence-electron chi connectivity index (χ3n) is 5.08. The molecular formula is C24H24N4O3S. The monoisotopic (exact) mass is 448 g/mol. The summed E-state index contributed by atoms with van der Waals surface area (Å²) < 4.78 is 28.1. The second-order valence-electron chi connectivity index (χ2n) is 7.42. The molecular weight excluding hydrogens is 424 g/mol. The first-order valence-electron chi connectivity index (χ1n) is 10.3. The number of para-hydroxylation sites is 1. The van der Waals surface area contributed by atoms with Crippen molar-refractivity contribution in [1.29, 1.82) is 0 Å². The fraction of sp³-hybridized carbons (Fsp3) is 0.167. The van der Waals surface area contributed by atoms with Crippen LogP contribution in [0.15, 0.2) is 90.2 Å². The summed E-state index contributed by atoms with van der Waals surface area (Å²) in [7, 11) is -3.73. The Labute approximate surface area is 187 Å². The topological polar surface area (TPSA) is 104 Å². The summed E-state index contributed by atoms with van der Waals surface area (Å²) in [5.74, 6) is 0. The molecule has 7 nitrogen and oxygen atoms in total. The van der Waals surface area contributed by atoms with Crippen LogP contribution in [-0.4, -0.2) is 36.6 Å². The number of aliphatic hydroxyl groups excluding tert-OH is 1. The molecule has 4 rings (SSSR count). The summed E-state index contributed by atoms with van der Waals surface area (Å²) in [6.45, 7) is 1.12. The predicted molar refractivity (Wildman–Crippen MR) is 125 cm³/mol. The van der Waals surface area contributed by atoms with Crippen molar-refractivity contribution >= 4 is 26.6 Å². The molecule has 2 aromatic carbocycles. The van der Waals surface area contributed by atoms with Gasteiger partial charge in [0.25, 0.3) is 10.0 Å². The minimum absolute atomic E-state index is 0.122. The van der Waals surface area contributed by atoms with Gasteiger partial charge in [0.15, 0.2) is 0 Å². The van der Waals surface area contributed by atoms with Crippen molar-refractivity contribution in [3.8, 4) is 0 Å². The number of nitrogens with zero attached hydrogens (tertiary/aromatic N) is 2. The van der Waals surface area contributed by atoms with E-state index in [-0.39, 0.29) is 4.90 Å². The van der Waals surface area contributed by atoms with Crippen molar-refractivity contribution in [3.63, 3.8) is 0 Å². The highest BCUT2D eigenvalue weighted by Crippen LogP contribution is 2.20. The number of rotatable bonds is 9. The molecule has 0 saturated heterocycles. The molecule has 0 saturated carbocycles. The Morgan fingerprint density at radius 3 is 2.56 bits per heavy atom. The Hall–Kier alpha value is -3.33. The average Bonchev–Trinajstić information content (AvgIpc) is 2.82. The van der Waals surface area contributed by atoms with Crippen LogP contribution in [0.5, 0.6) is 0 Å². The quantitative estimate of drug-likeness (QED) is 0.340. The minimum atomic E-state index is -3.73. The second-order valence-corrected chi connectivity index (χ2v) is 9.10. The fourth-order valence-corrected chi connectivity index (χ4v) is 4.35. The number of aliphatic hydroxyl groups is 1. The van der Waals surface area contributed by atoms with Gasteiger partial charge in [0.2, 0.25) is 0 Å². The lowest BCUT2D eigenvalue weighted by atomic mass is 10.1. The number of aromatic nitrogens is 2. The van der Waals surface area contributed by atoms with E-state index >= 15 is 0 Å². The van der Waals surface area contributed by atoms with Crippen LogP contribution in [0, 0.1) is 0 Å². The standard InChI is InChI=1S/C24H24N4O3S/c29-24(20-5-3-12-25-15-20)17-26-13-11-18-7-9-21(10-8-18)28-32(30,31)22-14-19-4-1-2-6-23(19)27-16-22/h1-10,12,14-16,24,26,28-29H,11,13,17H2/t24-/m0/s1. The third kappa shape index (κ3) is 5.47. The summed E-state index contributed by atoms with van der Waals surface area (Å²) in [5.41, 5.74) is 3.07. The lowest BCUT2D eigenvalue weighted by molar-refractivity contribution is 0.174. The molecule has 3 N–H and O–H groups in total. The summed E-state index contributed by atoms with van der Waals surface area (Å²) >= 11 is 0. The van der Waals surface area contributed by atoms with Crippen LogP contribution in [0.2, 0.25) is 0 Å². The largest absolute Gasteiger partial charge is 0.387 e. The molecule has 8 heteroatoms. The van der Waals surface area contributed by atoms with Crippen LogP contribution in [-0.2, 0) is 16.4 Å². The number of anilines is 1. The van der Waals surface area contributed by atoms with Crippen LogP contribution < -0.4 is 10.0 Å². The molecule has 0 bridgehead atoms. The van der Waals surface area contributed by atoms with Crippen molar-refractivity contribution in [2.45, 2.75) is 17.4 Å². The Kier molecular flexibility index (Phi) is 6.75. The molecule has 0 aliphatic carbocycles. The summed E-state index contributed by atoms with van der Waals surface area (Å²) in [5, 5.41) is 14.1. The molecule has 1 atom stereocenters. The molecule has 2 heterocycles. The van der Waals surface area contributed by atoms with Crippen LogP contribution in [0.25, 0.3) is 10.9 Å². The summed E-state index contributed by atoms with van der Waals surface area (Å²) in [6.07, 6.45) is 4.84. The van der Waals surface area contributed by atoms with E-state index in [4.69, 9.17) is 0 Å². The highest BCUT2D eigenvalue weighted by molar-refractivity contribution is 7.92. The van der Waals surface area contributed by atoms with Crippen molar-refractivity contribution in [2.75, 3.05) is 17.8 Å². The smallest absolute Gasteiger partial charge is 0.263 e. The maximum atomic E-state index is 12.7. The van der Waals surface area contributed by atoms with Crippen LogP contribution in [0.4, 0.5) is 5.69 Å². The zero-order valence-corrected chi connectivity index (χ0v) is 18.2. The van der Waals surface area contributed by atoms with Gasteiger partial charge in [-0.2, -0.15) is 0 Å². The first-order valence-corrected chi connectivity index (χ1v) is 11.7. The first kappa shape index (κ1) is 21.9. The van der Waals surface area contributed by atoms with Crippen LogP contribution in [0.1, 0.15) is 17.2 Å². The summed E-state index contributed by atoms with van der Waals surface area (Å²) in [4.78, 5) is 8.36. The number of pyridine rings is 2. The zero-order valence-electron chi connectivity index (χ0n) is 17.3. The number of nitrogens with one attached hydrogen (secondary N) is 2. The third-order valence-corrected chi connectivity index (χ3v) is 6.43. The van der Waals surface area contributed by atoms with E-state index in [0.29, 0.717) is 18.8 Å². The van der Waals surface area contributed by atoms with E-state index in [2.05, 4.69) is 20.0 Å². The lowest BCUT2D eigenvalue weighted by Crippen LogP contribution is -2.23. The average molecular weight is 449 g/mol. The summed E-state index contributed by atoms with van der Waals surface area (Å²) in [6, 6.07) is 19.9. The van der Waals surface area contributed by atoms with Crippen molar-refractivity contribution in [3.05, 3.63) is 96.4 Å². The minimum Gasteiger partial charge on any atom is -0.387 e. The highest BCUT2D eigenvalue weighted by Gasteiger charge is 2.15. The zero-order chi connectivity index (χ0) is 22.4. The van der Waals surface area contributed by atoms with Gasteiger partial charge in [-0.3, -0.25) is 14.7 Å². The Morgan fingerprint density at radius 2 is 1.78 bits per heavy atom. The van der Waals surface area contributed by atoms with Crippen LogP contribution >= 0.6 is 0 Å². The van der Waals surface area contributed by atoms with Gasteiger partial charge in [0.1, 0.15) is 4.90 Å². The van der Waals surface area contributed by atoms with E-state index < -0.39 is 16.1 Å². The van der Waals surface area contributed by atoms with Gasteiger partial charge in [0.05, 0.1) is 11.6 Å². The molecule has 0 spiro atoms. The number of benzene rings is 2. The first-order chi connectivity index (χ1) is 15.5. The number of sulfonamides is 1. The van der Waals surface area contributed by atoms with Gasteiger partial charge in [0, 0.05) is 41.8 Å². The molecule has 164 valence electrons. The maximum absolute atomic E-state index is 12.7. The molecule has 0 fully saturated rings. The molecule has 0 aliphatic rings. The Bertz CT molecular complexity index is 1280. The Morgan fingerprint density at radius 1 is 0.969 bits per heavy atom. The second kappa shape index (κ2) is 9.86. The van der Waals surface area contributed by atoms with Gasteiger partial charge in [-0.05, 0) is 48.9 Å². The predicted octanol–water partition coefficient (Wildman–Crippen LogP) is 3.30. The van der Waals surface area contributed by atoms with Crippen LogP contribution in [0.3, 0.4) is 0 Å². The van der Waals surface area contributed by atoms with E-state index in [1.807, 2.05) is 42.5 Å². The van der Waals surface area contributed by atoms with E-state index in [1.54, 1.807) is 36.7 Å². The highest BCUT2D eigenvalue weighted by atomic mass is 32.2. The molecule has 2 aromatic heterocycles. The van der Waals surface area contributed by atoms with Gasteiger partial charge in [-0.15, -0.1) is 0 Å². The SMILES string of the molecule is O=S(=O)(Nc1ccc(CCNC[C@H](O)c2cccnc2)cc1)c1cnc2ccccc2c1. The van der Waals surface area contributed by atoms with E-state index in [0.717, 1.165) is 28.5 Å². The number of hydrogen-bond donors (Lipinski definition) is 3. The molecule has 0 radical (unpaired) electrons. The van der Waals surface area contributed by atoms with Gasteiger partial charge in [-0.25, -0.2) is 8.42 Å². The number of fused-ring (bicyclic) bond motifs is 1. The molecule has 4 aromatic rings. The van der Waals surface area contributed by atoms with E-state index in [9.17, 15) is 13.5 Å². The number of hydrogen-bond acceptors (Lipinski definition) is 6. The maximum Gasteiger partial charge on any atom is 0.263 e. The van der Waals surface area contributed by atoms with Crippen molar-refractivity contribution < 1.29 is 13.5 Å². The molecule has 32 heavy (non-hydrogen) atoms. The molecule has 0 unspecified atom stereocenters. The van der Waals surface area contributed by atoms with Crippen molar-refractivity contribution in [1.82, 2.24) is 15.3 Å².